The van der Waals surface area contributed by atoms with Gasteiger partial charge in [-0.1, -0.05) is 23.2 Å². The average molecular weight is 972 g/mol. The van der Waals surface area contributed by atoms with Gasteiger partial charge < -0.3 is 19.3 Å². The molecule has 0 saturated carbocycles. The van der Waals surface area contributed by atoms with Crippen LogP contribution in [0.1, 0.15) is 0 Å². The summed E-state index contributed by atoms with van der Waals surface area (Å²) in [6.07, 6.45) is 0. The number of anilines is 2. The molecule has 4 aromatic carbocycles. The summed E-state index contributed by atoms with van der Waals surface area (Å²) < 4.78 is 119. The van der Waals surface area contributed by atoms with E-state index in [0.29, 0.717) is 69.0 Å². The number of methoxy groups -OCH3 is 2. The van der Waals surface area contributed by atoms with Crippen LogP contribution in [0.5, 0.6) is 11.5 Å². The van der Waals surface area contributed by atoms with Crippen LogP contribution in [0.4, 0.5) is 27.8 Å². The van der Waals surface area contributed by atoms with E-state index in [2.05, 4.69) is 9.97 Å². The Morgan fingerprint density at radius 2 is 0.984 bits per heavy atom. The van der Waals surface area contributed by atoms with Crippen LogP contribution in [0, 0.1) is 23.3 Å². The predicted octanol–water partition coefficient (Wildman–Crippen LogP) is 8.52. The fourth-order valence-electron chi connectivity index (χ4n) is 6.66. The maximum atomic E-state index is 13.5. The number of piperazine rings is 2. The van der Waals surface area contributed by atoms with Crippen molar-refractivity contribution in [1.29, 1.82) is 0 Å². The van der Waals surface area contributed by atoms with E-state index < -0.39 is 43.3 Å². The predicted molar refractivity (Wildman–Crippen MR) is 233 cm³/mol. The van der Waals surface area contributed by atoms with Gasteiger partial charge in [0.05, 0.1) is 25.6 Å². The molecule has 22 heteroatoms. The summed E-state index contributed by atoms with van der Waals surface area (Å²) in [5.74, 6) is -2.70. The van der Waals surface area contributed by atoms with Gasteiger partial charge in [-0.2, -0.15) is 8.61 Å². The second-order valence-corrected chi connectivity index (χ2v) is 20.0. The zero-order chi connectivity index (χ0) is 44.3. The van der Waals surface area contributed by atoms with Gasteiger partial charge in [0.15, 0.2) is 21.9 Å². The third-order valence-corrected chi connectivity index (χ3v) is 16.0. The molecule has 0 N–H and O–H groups in total. The minimum absolute atomic E-state index is 0.0283. The van der Waals surface area contributed by atoms with E-state index in [4.69, 9.17) is 32.7 Å². The third kappa shape index (κ3) is 9.97. The fourth-order valence-corrected chi connectivity index (χ4v) is 12.1. The zero-order valence-corrected chi connectivity index (χ0v) is 37.6. The number of nitrogens with zero attached hydrogens (tertiary/aromatic N) is 6. The number of aromatic nitrogens is 2. The number of rotatable bonds is 10. The Kier molecular flexibility index (Phi) is 14.0. The Morgan fingerprint density at radius 1 is 0.548 bits per heavy atom. The number of sulfonamides is 2. The first kappa shape index (κ1) is 45.5. The largest absolute Gasteiger partial charge is 0.495 e. The molecular weight excluding hydrogens is 936 g/mol. The summed E-state index contributed by atoms with van der Waals surface area (Å²) in [6.45, 7) is 2.75. The monoisotopic (exact) mass is 970 g/mol. The van der Waals surface area contributed by atoms with Crippen molar-refractivity contribution < 1.29 is 43.9 Å². The molecule has 2 aliphatic heterocycles. The minimum Gasteiger partial charge on any atom is -0.495 e. The van der Waals surface area contributed by atoms with E-state index in [9.17, 15) is 34.4 Å². The summed E-state index contributed by atoms with van der Waals surface area (Å²) in [7, 11) is -4.74. The first-order chi connectivity index (χ1) is 29.6. The highest BCUT2D eigenvalue weighted by molar-refractivity contribution is 7.89. The van der Waals surface area contributed by atoms with Gasteiger partial charge >= 0.3 is 0 Å². The molecule has 12 nitrogen and oxygen atoms in total. The highest BCUT2D eigenvalue weighted by atomic mass is 35.5. The lowest BCUT2D eigenvalue weighted by Crippen LogP contribution is -2.48. The lowest BCUT2D eigenvalue weighted by Gasteiger charge is -2.34. The minimum atomic E-state index is -3.78. The molecule has 0 unspecified atom stereocenters. The number of hydrogen-bond donors (Lipinski definition) is 0. The summed E-state index contributed by atoms with van der Waals surface area (Å²) in [5, 5.41) is 5.47. The van der Waals surface area contributed by atoms with Crippen LogP contribution in [0.3, 0.4) is 0 Å². The van der Waals surface area contributed by atoms with Gasteiger partial charge in [-0.25, -0.2) is 44.4 Å². The molecule has 4 heterocycles. The molecule has 2 saturated heterocycles. The molecule has 0 radical (unpaired) electrons. The molecule has 2 aliphatic rings. The molecule has 0 bridgehead atoms. The molecule has 8 rings (SSSR count). The fraction of sp³-hybridized carbons (Fsp3) is 0.250. The van der Waals surface area contributed by atoms with E-state index >= 15 is 0 Å². The lowest BCUT2D eigenvalue weighted by molar-refractivity contribution is 0.373. The van der Waals surface area contributed by atoms with E-state index in [1.54, 1.807) is 22.9 Å². The topological polar surface area (TPSA) is 125 Å². The Balaban J connectivity index is 0.000000186. The van der Waals surface area contributed by atoms with Crippen LogP contribution in [0.2, 0.25) is 10.0 Å². The van der Waals surface area contributed by atoms with Crippen molar-refractivity contribution in [2.24, 2.45) is 0 Å². The van der Waals surface area contributed by atoms with Crippen molar-refractivity contribution in [1.82, 2.24) is 18.6 Å². The number of ether oxygens (including phenoxy) is 2. The number of hydrogen-bond acceptors (Lipinski definition) is 12. The highest BCUT2D eigenvalue weighted by Gasteiger charge is 2.33. The maximum absolute atomic E-state index is 13.5. The van der Waals surface area contributed by atoms with Crippen molar-refractivity contribution in [3.63, 3.8) is 0 Å². The molecule has 6 aromatic rings. The Bertz CT molecular complexity index is 2780. The second-order valence-electron chi connectivity index (χ2n) is 13.7. The van der Waals surface area contributed by atoms with Crippen LogP contribution in [-0.4, -0.2) is 102 Å². The first-order valence-electron chi connectivity index (χ1n) is 18.6. The van der Waals surface area contributed by atoms with Crippen LogP contribution < -0.4 is 19.3 Å². The van der Waals surface area contributed by atoms with Crippen molar-refractivity contribution in [2.45, 2.75) is 9.79 Å². The Hall–Kier alpha value is -4.54. The molecule has 0 spiro atoms. The van der Waals surface area contributed by atoms with Gasteiger partial charge in [-0.05, 0) is 66.7 Å². The molecular formula is C40H36Cl2F4N6O6S4. The highest BCUT2D eigenvalue weighted by Crippen LogP contribution is 2.35. The standard InChI is InChI=1S/2C20H18ClF2N3O3S2/c1-29-18-5-3-14(21)11-19(18)31(27,28)26-8-6-25(7-9-26)20-24-17(12-30-20)13-2-4-15(22)16(23)10-13;1-29-18-3-2-14(21)10-19(18)31(27,28)26-6-4-25(5-7-26)20-24-17(12-30-20)13-8-15(22)11-16(23)9-13/h2-5,10-12H,6-9H2,1H3;2-3,8-12H,4-7H2,1H3. The lowest BCUT2D eigenvalue weighted by atomic mass is 10.1. The molecule has 62 heavy (non-hydrogen) atoms. The van der Waals surface area contributed by atoms with Crippen LogP contribution >= 0.6 is 45.9 Å². The van der Waals surface area contributed by atoms with Crippen LogP contribution in [0.25, 0.3) is 22.5 Å². The number of thiazole rings is 2. The number of benzene rings is 4. The summed E-state index contributed by atoms with van der Waals surface area (Å²) in [6, 6.07) is 15.9. The van der Waals surface area contributed by atoms with E-state index in [-0.39, 0.29) is 47.5 Å². The van der Waals surface area contributed by atoms with Gasteiger partial charge in [0.25, 0.3) is 0 Å². The molecule has 0 amide bonds. The quantitative estimate of drug-likeness (QED) is 0.123. The molecule has 2 fully saturated rings. The average Bonchev–Trinajstić information content (AvgIpc) is 3.97. The summed E-state index contributed by atoms with van der Waals surface area (Å²) in [4.78, 5) is 13.0. The Morgan fingerprint density at radius 3 is 1.40 bits per heavy atom. The molecule has 0 aliphatic carbocycles. The van der Waals surface area contributed by atoms with Crippen molar-refractivity contribution >= 4 is 76.2 Å². The number of halogens is 6. The van der Waals surface area contributed by atoms with Gasteiger partial charge in [-0.15, -0.1) is 22.7 Å². The normalized spacial score (nSPS) is 15.3. The Labute approximate surface area is 373 Å². The van der Waals surface area contributed by atoms with E-state index in [0.717, 1.165) is 18.2 Å². The maximum Gasteiger partial charge on any atom is 0.246 e. The zero-order valence-electron chi connectivity index (χ0n) is 32.8. The summed E-state index contributed by atoms with van der Waals surface area (Å²) in [5.41, 5.74) is 1.85. The van der Waals surface area contributed by atoms with Gasteiger partial charge in [0.2, 0.25) is 20.0 Å². The van der Waals surface area contributed by atoms with Gasteiger partial charge in [0.1, 0.15) is 32.9 Å². The summed E-state index contributed by atoms with van der Waals surface area (Å²) >= 11 is 14.7. The molecule has 2 aromatic heterocycles. The van der Waals surface area contributed by atoms with Crippen molar-refractivity contribution in [3.05, 3.63) is 117 Å². The van der Waals surface area contributed by atoms with Gasteiger partial charge in [0, 0.05) is 90.4 Å². The SMILES string of the molecule is COc1ccc(Cl)cc1S(=O)(=O)N1CCN(c2nc(-c3cc(F)cc(F)c3)cs2)CC1.COc1ccc(Cl)cc1S(=O)(=O)N1CCN(c2nc(-c3ccc(F)c(F)c3)cs2)CC1. The molecule has 0 atom stereocenters. The van der Waals surface area contributed by atoms with Crippen LogP contribution in [0.15, 0.2) is 93.3 Å². The first-order valence-corrected chi connectivity index (χ1v) is 24.0. The van der Waals surface area contributed by atoms with E-state index in [1.807, 2.05) is 9.80 Å². The van der Waals surface area contributed by atoms with Crippen LogP contribution in [-0.2, 0) is 20.0 Å². The third-order valence-electron chi connectivity index (χ3n) is 9.86. The second kappa shape index (κ2) is 19.1. The van der Waals surface area contributed by atoms with Crippen molar-refractivity contribution in [2.75, 3.05) is 76.4 Å². The van der Waals surface area contributed by atoms with Crippen molar-refractivity contribution in [3.8, 4) is 34.0 Å². The smallest absolute Gasteiger partial charge is 0.246 e. The molecule has 328 valence electrons. The van der Waals surface area contributed by atoms with Gasteiger partial charge in [-0.3, -0.25) is 0 Å². The van der Waals surface area contributed by atoms with E-state index in [1.165, 1.54) is 88.0 Å².